The van der Waals surface area contributed by atoms with Crippen LogP contribution in [0.2, 0.25) is 0 Å². The van der Waals surface area contributed by atoms with Crippen molar-refractivity contribution in [3.05, 3.63) is 75.9 Å². The van der Waals surface area contributed by atoms with Crippen LogP contribution in [0.4, 0.5) is 11.4 Å². The quantitative estimate of drug-likeness (QED) is 0.375. The Morgan fingerprint density at radius 1 is 1.11 bits per heavy atom. The van der Waals surface area contributed by atoms with Gasteiger partial charge in [-0.1, -0.05) is 17.4 Å². The SMILES string of the molecule is COc1ccc(S(=O)(=O)N2C[C@H](C(=O)Nc3ccc4c(c3)sc(=O)n4C(C)C)Oc3cc(C)ccc32)cc1. The molecule has 198 valence electrons. The van der Waals surface area contributed by atoms with Gasteiger partial charge >= 0.3 is 4.87 Å². The number of nitrogens with zero attached hydrogens (tertiary/aromatic N) is 2. The van der Waals surface area contributed by atoms with Crippen LogP contribution in [0.5, 0.6) is 11.5 Å². The molecule has 1 aliphatic rings. The number of aromatic nitrogens is 1. The third kappa shape index (κ3) is 4.63. The highest BCUT2D eigenvalue weighted by molar-refractivity contribution is 7.92. The monoisotopic (exact) mass is 553 g/mol. The van der Waals surface area contributed by atoms with Crippen molar-refractivity contribution < 1.29 is 22.7 Å². The number of rotatable bonds is 6. The van der Waals surface area contributed by atoms with Crippen LogP contribution in [0.15, 0.2) is 70.4 Å². The van der Waals surface area contributed by atoms with Crippen molar-refractivity contribution in [3.8, 4) is 11.5 Å². The van der Waals surface area contributed by atoms with E-state index >= 15 is 0 Å². The number of carbonyl (C=O) groups is 1. The highest BCUT2D eigenvalue weighted by Gasteiger charge is 2.37. The Morgan fingerprint density at radius 2 is 1.84 bits per heavy atom. The molecule has 1 aliphatic heterocycles. The van der Waals surface area contributed by atoms with Crippen molar-refractivity contribution in [3.63, 3.8) is 0 Å². The van der Waals surface area contributed by atoms with Crippen LogP contribution in [-0.4, -0.2) is 38.7 Å². The van der Waals surface area contributed by atoms with Gasteiger partial charge in [-0.3, -0.25) is 18.5 Å². The van der Waals surface area contributed by atoms with E-state index in [-0.39, 0.29) is 22.4 Å². The van der Waals surface area contributed by atoms with Gasteiger partial charge in [-0.15, -0.1) is 0 Å². The molecule has 1 N–H and O–H groups in total. The van der Waals surface area contributed by atoms with Gasteiger partial charge in [0.15, 0.2) is 6.10 Å². The summed E-state index contributed by atoms with van der Waals surface area (Å²) in [6, 6.07) is 16.5. The average Bonchev–Trinajstić information content (AvgIpc) is 3.22. The fourth-order valence-electron chi connectivity index (χ4n) is 4.43. The van der Waals surface area contributed by atoms with E-state index < -0.39 is 22.0 Å². The number of fused-ring (bicyclic) bond motifs is 2. The number of anilines is 2. The van der Waals surface area contributed by atoms with E-state index in [0.29, 0.717) is 22.9 Å². The zero-order valence-electron chi connectivity index (χ0n) is 21.3. The van der Waals surface area contributed by atoms with Gasteiger partial charge in [0.1, 0.15) is 11.5 Å². The standard InChI is InChI=1S/C27H27N3O6S2/c1-16(2)30-22-12-6-18(14-25(22)37-27(30)32)28-26(31)24-15-29(21-11-5-17(3)13-23(21)36-24)38(33,34)20-9-7-19(35-4)8-10-20/h5-14,16,24H,15H2,1-4H3,(H,28,31)/t24-/m1/s1. The lowest BCUT2D eigenvalue weighted by Gasteiger charge is -2.35. The molecule has 0 saturated heterocycles. The molecule has 0 bridgehead atoms. The molecular formula is C27H27N3O6S2. The lowest BCUT2D eigenvalue weighted by molar-refractivity contribution is -0.122. The number of benzene rings is 3. The van der Waals surface area contributed by atoms with E-state index in [4.69, 9.17) is 9.47 Å². The van der Waals surface area contributed by atoms with E-state index in [1.165, 1.54) is 23.5 Å². The van der Waals surface area contributed by atoms with Crippen molar-refractivity contribution in [1.82, 2.24) is 4.57 Å². The number of amides is 1. The Morgan fingerprint density at radius 3 is 2.53 bits per heavy atom. The third-order valence-electron chi connectivity index (χ3n) is 6.32. The number of aryl methyl sites for hydroxylation is 1. The molecule has 1 aromatic heterocycles. The van der Waals surface area contributed by atoms with E-state index in [1.54, 1.807) is 53.1 Å². The van der Waals surface area contributed by atoms with Crippen LogP contribution < -0.4 is 24.0 Å². The predicted molar refractivity (Wildman–Crippen MR) is 148 cm³/mol. The van der Waals surface area contributed by atoms with Gasteiger partial charge in [-0.2, -0.15) is 0 Å². The minimum atomic E-state index is -4.01. The van der Waals surface area contributed by atoms with Gasteiger partial charge in [0.05, 0.1) is 34.5 Å². The summed E-state index contributed by atoms with van der Waals surface area (Å²) >= 11 is 1.11. The van der Waals surface area contributed by atoms with Crippen LogP contribution in [0, 0.1) is 6.92 Å². The lowest BCUT2D eigenvalue weighted by Crippen LogP contribution is -2.48. The molecule has 4 aromatic rings. The minimum absolute atomic E-state index is 0.00879. The average molecular weight is 554 g/mol. The molecule has 1 amide bonds. The van der Waals surface area contributed by atoms with Gasteiger partial charge in [-0.05, 0) is 80.9 Å². The summed E-state index contributed by atoms with van der Waals surface area (Å²) in [5, 5.41) is 2.83. The molecule has 3 aromatic carbocycles. The molecular weight excluding hydrogens is 526 g/mol. The van der Waals surface area contributed by atoms with Crippen molar-refractivity contribution >= 4 is 48.9 Å². The Bertz CT molecular complexity index is 1690. The molecule has 1 atom stereocenters. The fraction of sp³-hybridized carbons (Fsp3) is 0.259. The number of hydrogen-bond acceptors (Lipinski definition) is 7. The largest absolute Gasteiger partial charge is 0.497 e. The van der Waals surface area contributed by atoms with Crippen LogP contribution in [0.3, 0.4) is 0 Å². The summed E-state index contributed by atoms with van der Waals surface area (Å²) in [4.78, 5) is 25.7. The zero-order valence-corrected chi connectivity index (χ0v) is 22.9. The van der Waals surface area contributed by atoms with Crippen LogP contribution in [0.25, 0.3) is 10.2 Å². The van der Waals surface area contributed by atoms with Gasteiger partial charge in [0, 0.05) is 11.7 Å². The van der Waals surface area contributed by atoms with Crippen molar-refractivity contribution in [2.24, 2.45) is 0 Å². The smallest absolute Gasteiger partial charge is 0.308 e. The number of methoxy groups -OCH3 is 1. The summed E-state index contributed by atoms with van der Waals surface area (Å²) in [7, 11) is -2.50. The maximum absolute atomic E-state index is 13.7. The molecule has 0 unspecified atom stereocenters. The maximum atomic E-state index is 13.7. The Labute approximate surface area is 224 Å². The number of ether oxygens (including phenoxy) is 2. The Kier molecular flexibility index (Phi) is 6.66. The summed E-state index contributed by atoms with van der Waals surface area (Å²) in [6.07, 6.45) is -1.10. The zero-order chi connectivity index (χ0) is 27.2. The van der Waals surface area contributed by atoms with Gasteiger partial charge in [0.2, 0.25) is 0 Å². The highest BCUT2D eigenvalue weighted by Crippen LogP contribution is 2.38. The molecule has 11 heteroatoms. The molecule has 0 saturated carbocycles. The molecule has 0 spiro atoms. The van der Waals surface area contributed by atoms with Crippen LogP contribution >= 0.6 is 11.3 Å². The minimum Gasteiger partial charge on any atom is -0.497 e. The molecule has 9 nitrogen and oxygen atoms in total. The summed E-state index contributed by atoms with van der Waals surface area (Å²) < 4.78 is 42.1. The second-order valence-corrected chi connectivity index (χ2v) is 12.1. The number of thiazole rings is 1. The van der Waals surface area contributed by atoms with Crippen molar-refractivity contribution in [2.45, 2.75) is 37.8 Å². The molecule has 0 aliphatic carbocycles. The second-order valence-electron chi connectivity index (χ2n) is 9.29. The number of sulfonamides is 1. The fourth-order valence-corrected chi connectivity index (χ4v) is 6.95. The Hall–Kier alpha value is -3.83. The number of hydrogen-bond donors (Lipinski definition) is 1. The van der Waals surface area contributed by atoms with Crippen molar-refractivity contribution in [2.75, 3.05) is 23.3 Å². The normalized spacial score (nSPS) is 15.3. The van der Waals surface area contributed by atoms with E-state index in [2.05, 4.69) is 5.32 Å². The van der Waals surface area contributed by atoms with E-state index in [1.807, 2.05) is 20.8 Å². The number of nitrogens with one attached hydrogen (secondary N) is 1. The second kappa shape index (κ2) is 9.80. The highest BCUT2D eigenvalue weighted by atomic mass is 32.2. The van der Waals surface area contributed by atoms with Gasteiger partial charge < -0.3 is 14.8 Å². The molecule has 2 heterocycles. The summed E-state index contributed by atoms with van der Waals surface area (Å²) in [5.41, 5.74) is 2.50. The summed E-state index contributed by atoms with van der Waals surface area (Å²) in [5.74, 6) is 0.336. The van der Waals surface area contributed by atoms with Gasteiger partial charge in [0.25, 0.3) is 15.9 Å². The molecule has 0 fully saturated rings. The third-order valence-corrected chi connectivity index (χ3v) is 9.03. The molecule has 5 rings (SSSR count). The van der Waals surface area contributed by atoms with Gasteiger partial charge in [-0.25, -0.2) is 8.42 Å². The molecule has 38 heavy (non-hydrogen) atoms. The number of carbonyl (C=O) groups excluding carboxylic acids is 1. The first-order valence-corrected chi connectivity index (χ1v) is 14.2. The first-order chi connectivity index (χ1) is 18.1. The first kappa shape index (κ1) is 25.8. The molecule has 0 radical (unpaired) electrons. The summed E-state index contributed by atoms with van der Waals surface area (Å²) in [6.45, 7) is 5.53. The predicted octanol–water partition coefficient (Wildman–Crippen LogP) is 4.56. The van der Waals surface area contributed by atoms with Crippen LogP contribution in [0.1, 0.15) is 25.5 Å². The van der Waals surface area contributed by atoms with E-state index in [0.717, 1.165) is 27.1 Å². The topological polar surface area (TPSA) is 107 Å². The maximum Gasteiger partial charge on any atom is 0.308 e. The Balaban J connectivity index is 1.46. The van der Waals surface area contributed by atoms with Crippen LogP contribution in [-0.2, 0) is 14.8 Å². The lowest BCUT2D eigenvalue weighted by atomic mass is 10.1. The first-order valence-electron chi connectivity index (χ1n) is 12.0. The van der Waals surface area contributed by atoms with E-state index in [9.17, 15) is 18.0 Å². The van der Waals surface area contributed by atoms with Crippen molar-refractivity contribution in [1.29, 1.82) is 0 Å².